The quantitative estimate of drug-likeness (QED) is 0.455. The summed E-state index contributed by atoms with van der Waals surface area (Å²) in [6.45, 7) is 0. The van der Waals surface area contributed by atoms with Gasteiger partial charge >= 0.3 is 10.2 Å². The zero-order valence-electron chi connectivity index (χ0n) is 12.1. The summed E-state index contributed by atoms with van der Waals surface area (Å²) in [4.78, 5) is 22.4. The van der Waals surface area contributed by atoms with Gasteiger partial charge in [0.2, 0.25) is 5.91 Å². The highest BCUT2D eigenvalue weighted by Crippen LogP contribution is 2.30. The average Bonchev–Trinajstić information content (AvgIpc) is 2.95. The van der Waals surface area contributed by atoms with Gasteiger partial charge in [0.05, 0.1) is 6.20 Å². The molecule has 2 aromatic rings. The summed E-state index contributed by atoms with van der Waals surface area (Å²) in [7, 11) is -5.02. The number of anilines is 1. The van der Waals surface area contributed by atoms with Crippen molar-refractivity contribution in [1.29, 1.82) is 0 Å². The maximum atomic E-state index is 13.5. The van der Waals surface area contributed by atoms with Gasteiger partial charge in [-0.1, -0.05) is 5.21 Å². The number of hydrogen-bond acceptors (Lipinski definition) is 7. The second-order valence-electron chi connectivity index (χ2n) is 5.24. The Bertz CT molecular complexity index is 940. The Kier molecular flexibility index (Phi) is 3.79. The average molecular weight is 353 g/mol. The second-order valence-corrected chi connectivity index (χ2v) is 6.56. The van der Waals surface area contributed by atoms with Crippen LogP contribution in [0.25, 0.3) is 11.3 Å². The van der Waals surface area contributed by atoms with Gasteiger partial charge in [0.15, 0.2) is 0 Å². The van der Waals surface area contributed by atoms with Crippen LogP contribution in [-0.4, -0.2) is 35.2 Å². The topological polar surface area (TPSA) is 137 Å². The number of nitrogen functional groups attached to an aromatic ring is 1. The molecule has 3 rings (SSSR count). The van der Waals surface area contributed by atoms with Crippen LogP contribution in [0.2, 0.25) is 0 Å². The Morgan fingerprint density at radius 2 is 2.08 bits per heavy atom. The van der Waals surface area contributed by atoms with E-state index < -0.39 is 27.1 Å². The largest absolute Gasteiger partial charge is 0.399 e. The van der Waals surface area contributed by atoms with Crippen LogP contribution >= 0.6 is 0 Å². The molecule has 1 aromatic heterocycles. The Morgan fingerprint density at radius 3 is 2.75 bits per heavy atom. The number of imide groups is 1. The highest BCUT2D eigenvalue weighted by Gasteiger charge is 2.29. The SMILES string of the molecule is Nc1ccc(-c2cn(C3CCC(=O)NC3=O)nn2)c(S(=O)(=O)F)c1. The van der Waals surface area contributed by atoms with Crippen molar-refractivity contribution in [3.63, 3.8) is 0 Å². The van der Waals surface area contributed by atoms with E-state index in [0.717, 1.165) is 6.07 Å². The molecule has 2 heterocycles. The van der Waals surface area contributed by atoms with Gasteiger partial charge in [-0.2, -0.15) is 8.42 Å². The van der Waals surface area contributed by atoms with Gasteiger partial charge < -0.3 is 5.73 Å². The highest BCUT2D eigenvalue weighted by molar-refractivity contribution is 7.86. The normalized spacial score (nSPS) is 18.5. The molecule has 1 saturated heterocycles. The van der Waals surface area contributed by atoms with E-state index in [2.05, 4.69) is 15.6 Å². The number of hydrogen-bond donors (Lipinski definition) is 2. The first-order valence-electron chi connectivity index (χ1n) is 6.86. The number of aromatic nitrogens is 3. The number of rotatable bonds is 3. The van der Waals surface area contributed by atoms with E-state index in [-0.39, 0.29) is 35.7 Å². The van der Waals surface area contributed by atoms with Crippen LogP contribution in [0.4, 0.5) is 9.57 Å². The Morgan fingerprint density at radius 1 is 1.33 bits per heavy atom. The number of nitrogens with one attached hydrogen (secondary N) is 1. The Labute approximate surface area is 135 Å². The lowest BCUT2D eigenvalue weighted by Crippen LogP contribution is -2.41. The summed E-state index contributed by atoms with van der Waals surface area (Å²) in [5.41, 5.74) is 5.62. The van der Waals surface area contributed by atoms with E-state index in [1.54, 1.807) is 0 Å². The van der Waals surface area contributed by atoms with Gasteiger partial charge in [0.1, 0.15) is 16.6 Å². The first-order valence-corrected chi connectivity index (χ1v) is 8.24. The zero-order chi connectivity index (χ0) is 17.5. The minimum absolute atomic E-state index is 0.0229. The van der Waals surface area contributed by atoms with Gasteiger partial charge in [-0.15, -0.1) is 8.98 Å². The molecule has 1 aliphatic rings. The van der Waals surface area contributed by atoms with Gasteiger partial charge in [-0.05, 0) is 24.6 Å². The number of amides is 2. The summed E-state index contributed by atoms with van der Waals surface area (Å²) in [6, 6.07) is 2.94. The zero-order valence-corrected chi connectivity index (χ0v) is 13.0. The van der Waals surface area contributed by atoms with Crippen molar-refractivity contribution in [3.8, 4) is 11.3 Å². The summed E-state index contributed by atoms with van der Waals surface area (Å²) >= 11 is 0. The van der Waals surface area contributed by atoms with Gasteiger partial charge in [-0.25, -0.2) is 4.68 Å². The first-order chi connectivity index (χ1) is 11.3. The van der Waals surface area contributed by atoms with Crippen LogP contribution in [0.5, 0.6) is 0 Å². The first kappa shape index (κ1) is 16.1. The number of carbonyl (C=O) groups is 2. The fourth-order valence-corrected chi connectivity index (χ4v) is 3.15. The van der Waals surface area contributed by atoms with E-state index in [1.165, 1.54) is 23.0 Å². The third-order valence-electron chi connectivity index (χ3n) is 3.58. The third-order valence-corrected chi connectivity index (χ3v) is 4.45. The monoisotopic (exact) mass is 353 g/mol. The number of piperidine rings is 1. The molecule has 9 nitrogen and oxygen atoms in total. The standard InChI is InChI=1S/C13H12FN5O4S/c14-24(22,23)11-5-7(15)1-2-8(11)9-6-19(18-17-9)10-3-4-12(20)16-13(10)21/h1-2,5-6,10H,3-4,15H2,(H,16,20,21). The van der Waals surface area contributed by atoms with Crippen LogP contribution in [0.1, 0.15) is 18.9 Å². The fraction of sp³-hybridized carbons (Fsp3) is 0.231. The van der Waals surface area contributed by atoms with Crippen LogP contribution < -0.4 is 11.1 Å². The molecular formula is C13H12FN5O4S. The molecule has 0 saturated carbocycles. The van der Waals surface area contributed by atoms with Crippen LogP contribution in [-0.2, 0) is 19.8 Å². The predicted octanol–water partition coefficient (Wildman–Crippen LogP) is 0.163. The predicted molar refractivity (Wildman–Crippen MR) is 79.6 cm³/mol. The van der Waals surface area contributed by atoms with Crippen molar-refractivity contribution in [1.82, 2.24) is 20.3 Å². The van der Waals surface area contributed by atoms with Crippen LogP contribution in [0, 0.1) is 0 Å². The maximum absolute atomic E-state index is 13.5. The summed E-state index contributed by atoms with van der Waals surface area (Å²) in [5.74, 6) is -0.903. The molecule has 1 aliphatic heterocycles. The lowest BCUT2D eigenvalue weighted by molar-refractivity contribution is -0.136. The highest BCUT2D eigenvalue weighted by atomic mass is 32.3. The van der Waals surface area contributed by atoms with Crippen molar-refractivity contribution in [3.05, 3.63) is 24.4 Å². The molecule has 1 fully saturated rings. The van der Waals surface area contributed by atoms with Crippen molar-refractivity contribution in [2.75, 3.05) is 5.73 Å². The van der Waals surface area contributed by atoms with E-state index in [4.69, 9.17) is 5.73 Å². The number of benzene rings is 1. The van der Waals surface area contributed by atoms with E-state index in [9.17, 15) is 21.9 Å². The molecule has 3 N–H and O–H groups in total. The summed E-state index contributed by atoms with van der Waals surface area (Å²) in [5, 5.41) is 9.76. The summed E-state index contributed by atoms with van der Waals surface area (Å²) in [6.07, 6.45) is 1.71. The number of nitrogens with zero attached hydrogens (tertiary/aromatic N) is 3. The molecule has 126 valence electrons. The minimum atomic E-state index is -5.02. The molecule has 11 heteroatoms. The maximum Gasteiger partial charge on any atom is 0.332 e. The van der Waals surface area contributed by atoms with Gasteiger partial charge in [0, 0.05) is 17.7 Å². The third kappa shape index (κ3) is 2.97. The molecule has 1 atom stereocenters. The number of halogens is 1. The molecule has 0 bridgehead atoms. The van der Waals surface area contributed by atoms with Crippen LogP contribution in [0.15, 0.2) is 29.3 Å². The number of nitrogens with two attached hydrogens (primary N) is 1. The Hall–Kier alpha value is -2.82. The van der Waals surface area contributed by atoms with Crippen LogP contribution in [0.3, 0.4) is 0 Å². The summed E-state index contributed by atoms with van der Waals surface area (Å²) < 4.78 is 37.3. The molecular weight excluding hydrogens is 341 g/mol. The number of carbonyl (C=O) groups excluding carboxylic acids is 2. The van der Waals surface area contributed by atoms with Crippen molar-refractivity contribution in [2.45, 2.75) is 23.8 Å². The van der Waals surface area contributed by atoms with Crippen molar-refractivity contribution < 1.29 is 21.9 Å². The van der Waals surface area contributed by atoms with Crippen molar-refractivity contribution in [2.24, 2.45) is 0 Å². The fourth-order valence-electron chi connectivity index (χ4n) is 2.44. The molecule has 0 spiro atoms. The molecule has 1 aromatic carbocycles. The molecule has 1 unspecified atom stereocenters. The van der Waals surface area contributed by atoms with Crippen molar-refractivity contribution >= 4 is 27.7 Å². The molecule has 2 amide bonds. The minimum Gasteiger partial charge on any atom is -0.399 e. The van der Waals surface area contributed by atoms with E-state index in [1.807, 2.05) is 0 Å². The lowest BCUT2D eigenvalue weighted by Gasteiger charge is -2.20. The molecule has 0 radical (unpaired) electrons. The second kappa shape index (κ2) is 5.67. The van der Waals surface area contributed by atoms with Gasteiger partial charge in [-0.3, -0.25) is 14.9 Å². The smallest absolute Gasteiger partial charge is 0.332 e. The lowest BCUT2D eigenvalue weighted by atomic mass is 10.1. The molecule has 0 aliphatic carbocycles. The van der Waals surface area contributed by atoms with E-state index >= 15 is 0 Å². The van der Waals surface area contributed by atoms with Gasteiger partial charge in [0.25, 0.3) is 5.91 Å². The van der Waals surface area contributed by atoms with E-state index in [0.29, 0.717) is 0 Å². The Balaban J connectivity index is 2.00. The molecule has 24 heavy (non-hydrogen) atoms.